The summed E-state index contributed by atoms with van der Waals surface area (Å²) in [6, 6.07) is 10.4. The van der Waals surface area contributed by atoms with Gasteiger partial charge < -0.3 is 14.2 Å². The minimum Gasteiger partial charge on any atom is -0.496 e. The summed E-state index contributed by atoms with van der Waals surface area (Å²) in [7, 11) is 3.06. The number of hydrogen-bond donors (Lipinski definition) is 0. The van der Waals surface area contributed by atoms with E-state index in [0.29, 0.717) is 27.8 Å². The number of fused-ring (bicyclic) bond motifs is 1. The van der Waals surface area contributed by atoms with Gasteiger partial charge in [-0.3, -0.25) is 4.79 Å². The van der Waals surface area contributed by atoms with Crippen LogP contribution in [0.4, 0.5) is 0 Å². The van der Waals surface area contributed by atoms with Gasteiger partial charge in [0.05, 0.1) is 14.2 Å². The third-order valence-corrected chi connectivity index (χ3v) is 3.65. The summed E-state index contributed by atoms with van der Waals surface area (Å²) < 4.78 is 16.2. The van der Waals surface area contributed by atoms with Crippen LogP contribution in [-0.2, 0) is 0 Å². The van der Waals surface area contributed by atoms with Gasteiger partial charge in [-0.1, -0.05) is 23.7 Å². The van der Waals surface area contributed by atoms with Crippen LogP contribution in [0.5, 0.6) is 17.2 Å². The molecule has 3 rings (SSSR count). The van der Waals surface area contributed by atoms with E-state index in [0.717, 1.165) is 5.56 Å². The topological polar surface area (TPSA) is 44.8 Å². The second-order valence-corrected chi connectivity index (χ2v) is 5.05. The van der Waals surface area contributed by atoms with Crippen LogP contribution in [0, 0.1) is 0 Å². The van der Waals surface area contributed by atoms with Gasteiger partial charge in [0.15, 0.2) is 6.10 Å². The van der Waals surface area contributed by atoms with Crippen molar-refractivity contribution in [2.75, 3.05) is 14.2 Å². The molecule has 1 unspecified atom stereocenters. The molecule has 0 aromatic heterocycles. The van der Waals surface area contributed by atoms with E-state index in [1.807, 2.05) is 0 Å². The molecule has 1 aliphatic heterocycles. The lowest BCUT2D eigenvalue weighted by Crippen LogP contribution is -2.11. The van der Waals surface area contributed by atoms with Crippen molar-refractivity contribution in [2.24, 2.45) is 0 Å². The standard InChI is InChI=1S/C16H13ClO4/c1-19-11-7-12(20-2)14-13(8-11)21-16(15(14)18)9-3-5-10(17)6-4-9/h3-8,16H,1-2H3. The number of ether oxygens (including phenoxy) is 3. The molecule has 0 amide bonds. The summed E-state index contributed by atoms with van der Waals surface area (Å²) in [5.41, 5.74) is 1.19. The largest absolute Gasteiger partial charge is 0.496 e. The first kappa shape index (κ1) is 13.8. The van der Waals surface area contributed by atoms with Gasteiger partial charge in [0.25, 0.3) is 0 Å². The highest BCUT2D eigenvalue weighted by Crippen LogP contribution is 2.44. The number of benzene rings is 2. The van der Waals surface area contributed by atoms with Gasteiger partial charge in [0.1, 0.15) is 22.8 Å². The van der Waals surface area contributed by atoms with Crippen molar-refractivity contribution in [2.45, 2.75) is 6.10 Å². The maximum Gasteiger partial charge on any atom is 0.215 e. The Kier molecular flexibility index (Phi) is 3.47. The van der Waals surface area contributed by atoms with E-state index in [4.69, 9.17) is 25.8 Å². The second-order valence-electron chi connectivity index (χ2n) is 4.62. The molecule has 1 heterocycles. The van der Waals surface area contributed by atoms with E-state index >= 15 is 0 Å². The van der Waals surface area contributed by atoms with E-state index in [1.165, 1.54) is 7.11 Å². The number of hydrogen-bond acceptors (Lipinski definition) is 4. The van der Waals surface area contributed by atoms with Gasteiger partial charge in [-0.15, -0.1) is 0 Å². The molecule has 0 aliphatic carbocycles. The number of Topliss-reactive ketones (excluding diaryl/α,β-unsaturated/α-hetero) is 1. The summed E-state index contributed by atoms with van der Waals surface area (Å²) in [5.74, 6) is 1.36. The zero-order valence-electron chi connectivity index (χ0n) is 11.6. The van der Waals surface area contributed by atoms with E-state index in [1.54, 1.807) is 43.5 Å². The Morgan fingerprint density at radius 2 is 1.81 bits per heavy atom. The van der Waals surface area contributed by atoms with Crippen LogP contribution in [-0.4, -0.2) is 20.0 Å². The van der Waals surface area contributed by atoms with E-state index in [9.17, 15) is 4.79 Å². The molecule has 2 aromatic rings. The highest BCUT2D eigenvalue weighted by molar-refractivity contribution is 6.30. The first-order valence-electron chi connectivity index (χ1n) is 6.36. The Morgan fingerprint density at radius 1 is 1.10 bits per heavy atom. The Bertz CT molecular complexity index is 694. The van der Waals surface area contributed by atoms with Gasteiger partial charge in [-0.25, -0.2) is 0 Å². The minimum absolute atomic E-state index is 0.133. The fourth-order valence-electron chi connectivity index (χ4n) is 2.35. The summed E-state index contributed by atoms with van der Waals surface area (Å²) in [6.45, 7) is 0. The zero-order valence-corrected chi connectivity index (χ0v) is 12.3. The summed E-state index contributed by atoms with van der Waals surface area (Å²) in [4.78, 5) is 12.6. The molecule has 0 fully saturated rings. The maximum absolute atomic E-state index is 12.6. The molecule has 108 valence electrons. The predicted octanol–water partition coefficient (Wildman–Crippen LogP) is 3.67. The molecule has 0 spiro atoms. The second kappa shape index (κ2) is 5.30. The van der Waals surface area contributed by atoms with Crippen LogP contribution < -0.4 is 14.2 Å². The quantitative estimate of drug-likeness (QED) is 0.868. The van der Waals surface area contributed by atoms with Gasteiger partial charge in [-0.2, -0.15) is 0 Å². The minimum atomic E-state index is -0.682. The predicted molar refractivity (Wildman–Crippen MR) is 78.7 cm³/mol. The smallest absolute Gasteiger partial charge is 0.215 e. The highest BCUT2D eigenvalue weighted by Gasteiger charge is 2.37. The maximum atomic E-state index is 12.6. The fraction of sp³-hybridized carbons (Fsp3) is 0.188. The van der Waals surface area contributed by atoms with Gasteiger partial charge in [0, 0.05) is 22.7 Å². The Labute approximate surface area is 127 Å². The monoisotopic (exact) mass is 304 g/mol. The molecule has 2 aromatic carbocycles. The van der Waals surface area contributed by atoms with Crippen molar-refractivity contribution in [3.05, 3.63) is 52.5 Å². The van der Waals surface area contributed by atoms with E-state index in [-0.39, 0.29) is 5.78 Å². The Morgan fingerprint density at radius 3 is 2.43 bits per heavy atom. The SMILES string of the molecule is COc1cc(OC)c2c(c1)OC(c1ccc(Cl)cc1)C2=O. The van der Waals surface area contributed by atoms with Crippen molar-refractivity contribution in [3.63, 3.8) is 0 Å². The van der Waals surface area contributed by atoms with Crippen molar-refractivity contribution in [3.8, 4) is 17.2 Å². The third kappa shape index (κ3) is 2.32. The molecule has 5 heteroatoms. The molecule has 1 aliphatic rings. The number of carbonyl (C=O) groups is 1. The average Bonchev–Trinajstić information content (AvgIpc) is 2.84. The average molecular weight is 305 g/mol. The number of carbonyl (C=O) groups excluding carboxylic acids is 1. The van der Waals surface area contributed by atoms with Crippen LogP contribution in [0.2, 0.25) is 5.02 Å². The Balaban J connectivity index is 2.03. The fourth-order valence-corrected chi connectivity index (χ4v) is 2.48. The zero-order chi connectivity index (χ0) is 15.0. The number of rotatable bonds is 3. The van der Waals surface area contributed by atoms with Crippen LogP contribution >= 0.6 is 11.6 Å². The number of halogens is 1. The van der Waals surface area contributed by atoms with E-state index in [2.05, 4.69) is 0 Å². The van der Waals surface area contributed by atoms with Crippen molar-refractivity contribution < 1.29 is 19.0 Å². The molecule has 4 nitrogen and oxygen atoms in total. The molecule has 0 saturated heterocycles. The van der Waals surface area contributed by atoms with Gasteiger partial charge in [0.2, 0.25) is 5.78 Å². The molecular weight excluding hydrogens is 292 g/mol. The first-order chi connectivity index (χ1) is 10.1. The lowest BCUT2D eigenvalue weighted by Gasteiger charge is -2.09. The number of methoxy groups -OCH3 is 2. The van der Waals surface area contributed by atoms with Crippen LogP contribution in [0.15, 0.2) is 36.4 Å². The lowest BCUT2D eigenvalue weighted by molar-refractivity contribution is 0.0856. The molecular formula is C16H13ClO4. The number of ketones is 1. The molecule has 0 saturated carbocycles. The van der Waals surface area contributed by atoms with Crippen molar-refractivity contribution >= 4 is 17.4 Å². The van der Waals surface area contributed by atoms with Crippen LogP contribution in [0.1, 0.15) is 22.0 Å². The van der Waals surface area contributed by atoms with Crippen LogP contribution in [0.25, 0.3) is 0 Å². The van der Waals surface area contributed by atoms with Crippen molar-refractivity contribution in [1.82, 2.24) is 0 Å². The van der Waals surface area contributed by atoms with Crippen LogP contribution in [0.3, 0.4) is 0 Å². The molecule has 0 N–H and O–H groups in total. The highest BCUT2D eigenvalue weighted by atomic mass is 35.5. The summed E-state index contributed by atoms with van der Waals surface area (Å²) in [6.07, 6.45) is -0.682. The third-order valence-electron chi connectivity index (χ3n) is 3.40. The summed E-state index contributed by atoms with van der Waals surface area (Å²) >= 11 is 5.87. The van der Waals surface area contributed by atoms with Gasteiger partial charge in [-0.05, 0) is 12.1 Å². The molecule has 1 atom stereocenters. The van der Waals surface area contributed by atoms with Crippen molar-refractivity contribution in [1.29, 1.82) is 0 Å². The van der Waals surface area contributed by atoms with E-state index < -0.39 is 6.10 Å². The molecule has 0 radical (unpaired) electrons. The summed E-state index contributed by atoms with van der Waals surface area (Å²) in [5, 5.41) is 0.612. The lowest BCUT2D eigenvalue weighted by atomic mass is 10.0. The molecule has 0 bridgehead atoms. The first-order valence-corrected chi connectivity index (χ1v) is 6.74. The van der Waals surface area contributed by atoms with Gasteiger partial charge >= 0.3 is 0 Å². The normalized spacial score (nSPS) is 16.3. The molecule has 21 heavy (non-hydrogen) atoms. The Hall–Kier alpha value is -2.20.